The zero-order valence-electron chi connectivity index (χ0n) is 12.6. The highest BCUT2D eigenvalue weighted by Crippen LogP contribution is 2.26. The first kappa shape index (κ1) is 17.0. The van der Waals surface area contributed by atoms with Crippen molar-refractivity contribution in [3.05, 3.63) is 23.8 Å². The number of rotatable bonds is 8. The van der Waals surface area contributed by atoms with Crippen LogP contribution >= 0.6 is 0 Å². The summed E-state index contributed by atoms with van der Waals surface area (Å²) in [6.45, 7) is 2.14. The summed E-state index contributed by atoms with van der Waals surface area (Å²) in [5.74, 6) is -0.596. The minimum Gasteiger partial charge on any atom is -0.504 e. The number of methoxy groups -OCH3 is 1. The highest BCUT2D eigenvalue weighted by molar-refractivity contribution is 6.04. The van der Waals surface area contributed by atoms with Crippen molar-refractivity contribution in [2.45, 2.75) is 45.4 Å². The van der Waals surface area contributed by atoms with E-state index in [0.717, 1.165) is 25.7 Å². The molecule has 5 heteroatoms. The molecule has 0 radical (unpaired) electrons. The Hall–Kier alpha value is -2.04. The minimum atomic E-state index is -0.480. The van der Waals surface area contributed by atoms with Crippen LogP contribution in [0.3, 0.4) is 0 Å². The number of carbonyl (C=O) groups excluding carboxylic acids is 2. The lowest BCUT2D eigenvalue weighted by Crippen LogP contribution is -2.30. The smallest absolute Gasteiger partial charge is 0.257 e. The van der Waals surface area contributed by atoms with Crippen LogP contribution in [-0.4, -0.2) is 24.0 Å². The van der Waals surface area contributed by atoms with Gasteiger partial charge in [-0.3, -0.25) is 14.9 Å². The van der Waals surface area contributed by atoms with Crippen LogP contribution in [0.4, 0.5) is 0 Å². The lowest BCUT2D eigenvalue weighted by Gasteiger charge is -2.07. The van der Waals surface area contributed by atoms with E-state index in [0.29, 0.717) is 6.42 Å². The second-order valence-electron chi connectivity index (χ2n) is 4.93. The quantitative estimate of drug-likeness (QED) is 0.722. The number of imide groups is 1. The molecule has 0 heterocycles. The number of unbranched alkanes of at least 4 members (excludes halogenated alkanes) is 4. The monoisotopic (exact) mass is 293 g/mol. The topological polar surface area (TPSA) is 75.6 Å². The summed E-state index contributed by atoms with van der Waals surface area (Å²) in [4.78, 5) is 23.6. The van der Waals surface area contributed by atoms with E-state index in [1.807, 2.05) is 0 Å². The lowest BCUT2D eigenvalue weighted by atomic mass is 10.1. The lowest BCUT2D eigenvalue weighted by molar-refractivity contribution is -0.120. The first-order valence-corrected chi connectivity index (χ1v) is 7.29. The molecule has 0 aliphatic rings. The SMILES string of the molecule is CCCCCCCC(=O)NC(=O)c1ccc(O)c(OC)c1. The maximum absolute atomic E-state index is 11.9. The Kier molecular flexibility index (Phi) is 7.29. The molecule has 0 aromatic heterocycles. The molecule has 1 rings (SSSR count). The molecule has 0 fully saturated rings. The number of ether oxygens (including phenoxy) is 1. The van der Waals surface area contributed by atoms with Crippen molar-refractivity contribution in [2.24, 2.45) is 0 Å². The second kappa shape index (κ2) is 9.00. The normalized spacial score (nSPS) is 10.2. The average Bonchev–Trinajstić information content (AvgIpc) is 2.47. The summed E-state index contributed by atoms with van der Waals surface area (Å²) in [6.07, 6.45) is 5.60. The standard InChI is InChI=1S/C16H23NO4/c1-3-4-5-6-7-8-15(19)17-16(20)12-9-10-13(18)14(11-12)21-2/h9-11,18H,3-8H2,1-2H3,(H,17,19,20). The van der Waals surface area contributed by atoms with Crippen LogP contribution in [0.15, 0.2) is 18.2 Å². The van der Waals surface area contributed by atoms with Gasteiger partial charge in [0.2, 0.25) is 5.91 Å². The minimum absolute atomic E-state index is 0.0451. The Bertz CT molecular complexity index is 485. The number of aromatic hydroxyl groups is 1. The maximum atomic E-state index is 11.9. The predicted molar refractivity (Wildman–Crippen MR) is 80.5 cm³/mol. The summed E-state index contributed by atoms with van der Waals surface area (Å²) in [5, 5.41) is 11.8. The Balaban J connectivity index is 2.43. The maximum Gasteiger partial charge on any atom is 0.257 e. The number of nitrogens with one attached hydrogen (secondary N) is 1. The molecular weight excluding hydrogens is 270 g/mol. The van der Waals surface area contributed by atoms with Crippen molar-refractivity contribution in [3.8, 4) is 11.5 Å². The molecule has 0 saturated heterocycles. The molecule has 21 heavy (non-hydrogen) atoms. The van der Waals surface area contributed by atoms with Gasteiger partial charge in [0.05, 0.1) is 7.11 Å². The Labute approximate surface area is 125 Å². The molecule has 1 aromatic carbocycles. The second-order valence-corrected chi connectivity index (χ2v) is 4.93. The van der Waals surface area contributed by atoms with Crippen LogP contribution in [0.1, 0.15) is 55.8 Å². The molecule has 2 amide bonds. The average molecular weight is 293 g/mol. The fraction of sp³-hybridized carbons (Fsp3) is 0.500. The largest absolute Gasteiger partial charge is 0.504 e. The van der Waals surface area contributed by atoms with Gasteiger partial charge in [0.15, 0.2) is 11.5 Å². The van der Waals surface area contributed by atoms with Crippen LogP contribution in [-0.2, 0) is 4.79 Å². The first-order valence-electron chi connectivity index (χ1n) is 7.29. The molecular formula is C16H23NO4. The van der Waals surface area contributed by atoms with E-state index in [9.17, 15) is 14.7 Å². The van der Waals surface area contributed by atoms with Crippen molar-refractivity contribution < 1.29 is 19.4 Å². The first-order chi connectivity index (χ1) is 10.1. The highest BCUT2D eigenvalue weighted by Gasteiger charge is 2.12. The zero-order chi connectivity index (χ0) is 15.7. The van der Waals surface area contributed by atoms with Crippen molar-refractivity contribution in [2.75, 3.05) is 7.11 Å². The van der Waals surface area contributed by atoms with Crippen LogP contribution in [0, 0.1) is 0 Å². The van der Waals surface area contributed by atoms with Crippen molar-refractivity contribution in [3.63, 3.8) is 0 Å². The highest BCUT2D eigenvalue weighted by atomic mass is 16.5. The Morgan fingerprint density at radius 3 is 2.57 bits per heavy atom. The van der Waals surface area contributed by atoms with E-state index in [1.54, 1.807) is 0 Å². The molecule has 0 unspecified atom stereocenters. The van der Waals surface area contributed by atoms with E-state index in [-0.39, 0.29) is 23.0 Å². The summed E-state index contributed by atoms with van der Waals surface area (Å²) >= 11 is 0. The van der Waals surface area contributed by atoms with Gasteiger partial charge < -0.3 is 9.84 Å². The van der Waals surface area contributed by atoms with Gasteiger partial charge in [0, 0.05) is 12.0 Å². The van der Waals surface area contributed by atoms with Crippen molar-refractivity contribution >= 4 is 11.8 Å². The van der Waals surface area contributed by atoms with E-state index < -0.39 is 5.91 Å². The van der Waals surface area contributed by atoms with E-state index in [2.05, 4.69) is 12.2 Å². The summed E-state index contributed by atoms with van der Waals surface area (Å²) < 4.78 is 4.93. The van der Waals surface area contributed by atoms with E-state index in [1.165, 1.54) is 31.7 Å². The van der Waals surface area contributed by atoms with Gasteiger partial charge in [-0.2, -0.15) is 0 Å². The van der Waals surface area contributed by atoms with Gasteiger partial charge in [-0.15, -0.1) is 0 Å². The number of hydrogen-bond donors (Lipinski definition) is 2. The number of phenolic OH excluding ortho intramolecular Hbond substituents is 1. The third-order valence-corrected chi connectivity index (χ3v) is 3.20. The molecule has 2 N–H and O–H groups in total. The molecule has 0 aliphatic heterocycles. The molecule has 0 aliphatic carbocycles. The van der Waals surface area contributed by atoms with Gasteiger partial charge in [-0.1, -0.05) is 32.6 Å². The number of amides is 2. The van der Waals surface area contributed by atoms with Gasteiger partial charge in [-0.05, 0) is 24.6 Å². The molecule has 0 spiro atoms. The zero-order valence-corrected chi connectivity index (χ0v) is 12.6. The number of carbonyl (C=O) groups is 2. The summed E-state index contributed by atoms with van der Waals surface area (Å²) in [6, 6.07) is 4.21. The van der Waals surface area contributed by atoms with Gasteiger partial charge in [0.25, 0.3) is 5.91 Å². The van der Waals surface area contributed by atoms with Gasteiger partial charge in [0.1, 0.15) is 0 Å². The molecule has 5 nitrogen and oxygen atoms in total. The van der Waals surface area contributed by atoms with E-state index in [4.69, 9.17) is 4.74 Å². The van der Waals surface area contributed by atoms with Crippen LogP contribution in [0.5, 0.6) is 11.5 Å². The molecule has 0 bridgehead atoms. The van der Waals surface area contributed by atoms with Crippen molar-refractivity contribution in [1.82, 2.24) is 5.32 Å². The predicted octanol–water partition coefficient (Wildman–Crippen LogP) is 3.02. The summed E-state index contributed by atoms with van der Waals surface area (Å²) in [7, 11) is 1.40. The summed E-state index contributed by atoms with van der Waals surface area (Å²) in [5.41, 5.74) is 0.281. The number of benzene rings is 1. The van der Waals surface area contributed by atoms with Crippen LogP contribution < -0.4 is 10.1 Å². The fourth-order valence-corrected chi connectivity index (χ4v) is 1.97. The number of hydrogen-bond acceptors (Lipinski definition) is 4. The van der Waals surface area contributed by atoms with E-state index >= 15 is 0 Å². The van der Waals surface area contributed by atoms with Crippen LogP contribution in [0.2, 0.25) is 0 Å². The molecule has 1 aromatic rings. The Morgan fingerprint density at radius 2 is 1.90 bits per heavy atom. The van der Waals surface area contributed by atoms with Crippen LogP contribution in [0.25, 0.3) is 0 Å². The van der Waals surface area contributed by atoms with Gasteiger partial charge >= 0.3 is 0 Å². The third-order valence-electron chi connectivity index (χ3n) is 3.20. The van der Waals surface area contributed by atoms with Crippen molar-refractivity contribution in [1.29, 1.82) is 0 Å². The Morgan fingerprint density at radius 1 is 1.19 bits per heavy atom. The number of phenols is 1. The molecule has 0 atom stereocenters. The molecule has 116 valence electrons. The third kappa shape index (κ3) is 5.85. The van der Waals surface area contributed by atoms with Gasteiger partial charge in [-0.25, -0.2) is 0 Å². The molecule has 0 saturated carbocycles. The fourth-order valence-electron chi connectivity index (χ4n) is 1.97.